The fourth-order valence-electron chi connectivity index (χ4n) is 1.31. The summed E-state index contributed by atoms with van der Waals surface area (Å²) < 4.78 is 4.86. The Morgan fingerprint density at radius 1 is 1.67 bits per heavy atom. The minimum Gasteiger partial charge on any atom is -0.461 e. The average Bonchev–Trinajstić information content (AvgIpc) is 2.63. The van der Waals surface area contributed by atoms with Crippen LogP contribution in [0.15, 0.2) is 18.3 Å². The Morgan fingerprint density at radius 2 is 2.47 bits per heavy atom. The molecule has 0 aliphatic carbocycles. The van der Waals surface area contributed by atoms with E-state index in [1.165, 1.54) is 0 Å². The first-order valence-electron chi connectivity index (χ1n) is 4.52. The molecule has 0 aliphatic rings. The number of halogens is 1. The first-order chi connectivity index (χ1) is 7.22. The van der Waals surface area contributed by atoms with Crippen LogP contribution in [0.1, 0.15) is 17.4 Å². The van der Waals surface area contributed by atoms with Crippen LogP contribution in [-0.2, 0) is 4.74 Å². The Bertz CT molecular complexity index is 507. The second kappa shape index (κ2) is 3.90. The second-order valence-corrected chi connectivity index (χ2v) is 3.37. The van der Waals surface area contributed by atoms with Gasteiger partial charge in [0.15, 0.2) is 0 Å². The van der Waals surface area contributed by atoms with Gasteiger partial charge in [-0.15, -0.1) is 0 Å². The van der Waals surface area contributed by atoms with Crippen LogP contribution in [0.2, 0.25) is 5.02 Å². The van der Waals surface area contributed by atoms with Gasteiger partial charge in [0.2, 0.25) is 0 Å². The highest BCUT2D eigenvalue weighted by Gasteiger charge is 2.12. The molecule has 0 unspecified atom stereocenters. The van der Waals surface area contributed by atoms with Crippen molar-refractivity contribution in [3.63, 3.8) is 0 Å². The lowest BCUT2D eigenvalue weighted by Gasteiger charge is -1.96. The number of rotatable bonds is 2. The van der Waals surface area contributed by atoms with Gasteiger partial charge >= 0.3 is 5.97 Å². The van der Waals surface area contributed by atoms with Gasteiger partial charge < -0.3 is 9.72 Å². The van der Waals surface area contributed by atoms with Crippen molar-refractivity contribution in [2.75, 3.05) is 6.61 Å². The van der Waals surface area contributed by atoms with E-state index in [4.69, 9.17) is 16.3 Å². The number of ether oxygens (including phenoxy) is 1. The predicted molar refractivity (Wildman–Crippen MR) is 57.1 cm³/mol. The Labute approximate surface area is 91.2 Å². The minimum atomic E-state index is -0.397. The molecular weight excluding hydrogens is 216 g/mol. The Morgan fingerprint density at radius 3 is 3.13 bits per heavy atom. The van der Waals surface area contributed by atoms with Gasteiger partial charge in [-0.2, -0.15) is 0 Å². The average molecular weight is 225 g/mol. The third kappa shape index (κ3) is 1.80. The quantitative estimate of drug-likeness (QED) is 0.797. The molecule has 2 heterocycles. The molecule has 2 aromatic heterocycles. The van der Waals surface area contributed by atoms with Gasteiger partial charge in [0, 0.05) is 11.6 Å². The summed E-state index contributed by atoms with van der Waals surface area (Å²) in [5, 5.41) is 1.29. The van der Waals surface area contributed by atoms with Crippen LogP contribution in [0.3, 0.4) is 0 Å². The van der Waals surface area contributed by atoms with Gasteiger partial charge in [-0.3, -0.25) is 0 Å². The highest BCUT2D eigenvalue weighted by atomic mass is 35.5. The predicted octanol–water partition coefficient (Wildman–Crippen LogP) is 2.39. The molecule has 0 bridgehead atoms. The molecule has 78 valence electrons. The number of carbonyl (C=O) groups is 1. The number of aromatic amines is 1. The summed E-state index contributed by atoms with van der Waals surface area (Å²) in [7, 11) is 0. The SMILES string of the molecule is CCOC(=O)c1cc2c(Cl)ccnc2[nH]1. The zero-order chi connectivity index (χ0) is 10.8. The van der Waals surface area contributed by atoms with E-state index in [1.807, 2.05) is 0 Å². The van der Waals surface area contributed by atoms with Crippen molar-refractivity contribution in [2.24, 2.45) is 0 Å². The molecule has 5 heteroatoms. The maximum absolute atomic E-state index is 11.4. The van der Waals surface area contributed by atoms with Crippen molar-refractivity contribution in [2.45, 2.75) is 6.92 Å². The molecule has 0 spiro atoms. The van der Waals surface area contributed by atoms with Gasteiger partial charge in [-0.1, -0.05) is 11.6 Å². The maximum Gasteiger partial charge on any atom is 0.354 e. The standard InChI is InChI=1S/C10H9ClN2O2/c1-2-15-10(14)8-5-6-7(11)3-4-12-9(6)13-8/h3-5H,2H2,1H3,(H,12,13). The zero-order valence-electron chi connectivity index (χ0n) is 8.08. The smallest absolute Gasteiger partial charge is 0.354 e. The number of esters is 1. The van der Waals surface area contributed by atoms with E-state index in [2.05, 4.69) is 9.97 Å². The van der Waals surface area contributed by atoms with Gasteiger partial charge in [0.1, 0.15) is 11.3 Å². The van der Waals surface area contributed by atoms with Gasteiger partial charge in [-0.05, 0) is 19.1 Å². The number of hydrogen-bond acceptors (Lipinski definition) is 3. The van der Waals surface area contributed by atoms with Crippen molar-refractivity contribution >= 4 is 28.6 Å². The van der Waals surface area contributed by atoms with Crippen LogP contribution >= 0.6 is 11.6 Å². The fraction of sp³-hybridized carbons (Fsp3) is 0.200. The molecule has 0 amide bonds. The Kier molecular flexibility index (Phi) is 2.60. The highest BCUT2D eigenvalue weighted by Crippen LogP contribution is 2.22. The van der Waals surface area contributed by atoms with E-state index in [-0.39, 0.29) is 0 Å². The molecule has 2 aromatic rings. The number of nitrogens with one attached hydrogen (secondary N) is 1. The van der Waals surface area contributed by atoms with Crippen LogP contribution in [0.4, 0.5) is 0 Å². The molecule has 4 nitrogen and oxygen atoms in total. The van der Waals surface area contributed by atoms with E-state index < -0.39 is 5.97 Å². The lowest BCUT2D eigenvalue weighted by Crippen LogP contribution is -2.04. The fourth-order valence-corrected chi connectivity index (χ4v) is 1.51. The van der Waals surface area contributed by atoms with Crippen LogP contribution in [0.5, 0.6) is 0 Å². The zero-order valence-corrected chi connectivity index (χ0v) is 8.84. The first kappa shape index (κ1) is 9.98. The second-order valence-electron chi connectivity index (χ2n) is 2.96. The summed E-state index contributed by atoms with van der Waals surface area (Å²) in [5.74, 6) is -0.397. The van der Waals surface area contributed by atoms with E-state index in [0.29, 0.717) is 23.0 Å². The molecule has 0 saturated carbocycles. The van der Waals surface area contributed by atoms with Gasteiger partial charge in [0.05, 0.1) is 11.6 Å². The molecular formula is C10H9ClN2O2. The lowest BCUT2D eigenvalue weighted by atomic mass is 10.3. The number of carbonyl (C=O) groups excluding carboxylic acids is 1. The molecule has 0 saturated heterocycles. The normalized spacial score (nSPS) is 10.5. The van der Waals surface area contributed by atoms with Crippen LogP contribution < -0.4 is 0 Å². The summed E-state index contributed by atoms with van der Waals surface area (Å²) in [6.07, 6.45) is 1.58. The molecule has 15 heavy (non-hydrogen) atoms. The summed E-state index contributed by atoms with van der Waals surface area (Å²) in [4.78, 5) is 18.3. The van der Waals surface area contributed by atoms with Crippen molar-refractivity contribution in [3.05, 3.63) is 29.0 Å². The number of fused-ring (bicyclic) bond motifs is 1. The summed E-state index contributed by atoms with van der Waals surface area (Å²) in [6.45, 7) is 2.10. The highest BCUT2D eigenvalue weighted by molar-refractivity contribution is 6.35. The molecule has 2 rings (SSSR count). The van der Waals surface area contributed by atoms with Crippen molar-refractivity contribution in [1.82, 2.24) is 9.97 Å². The number of hydrogen-bond donors (Lipinski definition) is 1. The monoisotopic (exact) mass is 224 g/mol. The summed E-state index contributed by atoms with van der Waals surface area (Å²) >= 11 is 5.94. The third-order valence-electron chi connectivity index (χ3n) is 1.97. The van der Waals surface area contributed by atoms with Crippen molar-refractivity contribution in [3.8, 4) is 0 Å². The lowest BCUT2D eigenvalue weighted by molar-refractivity contribution is 0.0520. The Hall–Kier alpha value is -1.55. The summed E-state index contributed by atoms with van der Waals surface area (Å²) in [5.41, 5.74) is 0.956. The Balaban J connectivity index is 2.47. The van der Waals surface area contributed by atoms with Crippen molar-refractivity contribution < 1.29 is 9.53 Å². The number of pyridine rings is 1. The van der Waals surface area contributed by atoms with E-state index in [0.717, 1.165) is 5.39 Å². The molecule has 0 radical (unpaired) electrons. The number of H-pyrrole nitrogens is 1. The summed E-state index contributed by atoms with van der Waals surface area (Å²) in [6, 6.07) is 3.31. The van der Waals surface area contributed by atoms with E-state index in [9.17, 15) is 4.79 Å². The first-order valence-corrected chi connectivity index (χ1v) is 4.90. The third-order valence-corrected chi connectivity index (χ3v) is 2.30. The van der Waals surface area contributed by atoms with Crippen LogP contribution in [-0.4, -0.2) is 22.5 Å². The van der Waals surface area contributed by atoms with Gasteiger partial charge in [-0.25, -0.2) is 9.78 Å². The van der Waals surface area contributed by atoms with Crippen LogP contribution in [0.25, 0.3) is 11.0 Å². The molecule has 1 N–H and O–H groups in total. The minimum absolute atomic E-state index is 0.343. The molecule has 0 atom stereocenters. The van der Waals surface area contributed by atoms with Crippen molar-refractivity contribution in [1.29, 1.82) is 0 Å². The maximum atomic E-state index is 11.4. The molecule has 0 fully saturated rings. The van der Waals surface area contributed by atoms with Crippen LogP contribution in [0, 0.1) is 0 Å². The van der Waals surface area contributed by atoms with E-state index in [1.54, 1.807) is 25.3 Å². The van der Waals surface area contributed by atoms with Gasteiger partial charge in [0.25, 0.3) is 0 Å². The van der Waals surface area contributed by atoms with E-state index >= 15 is 0 Å². The molecule has 0 aliphatic heterocycles. The largest absolute Gasteiger partial charge is 0.461 e. The molecule has 0 aromatic carbocycles. The topological polar surface area (TPSA) is 55.0 Å². The number of nitrogens with zero attached hydrogens (tertiary/aromatic N) is 1. The number of aromatic nitrogens is 2.